The van der Waals surface area contributed by atoms with Gasteiger partial charge in [-0.3, -0.25) is 14.5 Å². The van der Waals surface area contributed by atoms with Crippen LogP contribution in [0.25, 0.3) is 10.9 Å². The Morgan fingerprint density at radius 2 is 1.57 bits per heavy atom. The normalized spacial score (nSPS) is 18.3. The van der Waals surface area contributed by atoms with Crippen LogP contribution in [-0.4, -0.2) is 57.9 Å². The Bertz CT molecular complexity index is 1210. The number of aromatic amines is 1. The van der Waals surface area contributed by atoms with E-state index < -0.39 is 5.97 Å². The number of nitrogens with zero attached hydrogens (tertiary/aromatic N) is 2. The van der Waals surface area contributed by atoms with Crippen molar-refractivity contribution >= 4 is 22.8 Å². The number of carbonyl (C=O) groups is 2. The van der Waals surface area contributed by atoms with Crippen LogP contribution in [0.1, 0.15) is 64.3 Å². The summed E-state index contributed by atoms with van der Waals surface area (Å²) in [6.07, 6.45) is 3.28. The van der Waals surface area contributed by atoms with E-state index in [1.807, 2.05) is 23.1 Å². The first kappa shape index (κ1) is 23.6. The SMILES string of the molecule is Cc1cccc(C)c1C1CCN(Cc2c(C(=O)N3CCC(C(=O)O)CC3)[nH]c3ccccc23)CC1. The first-order valence-corrected chi connectivity index (χ1v) is 12.8. The van der Waals surface area contributed by atoms with Crippen LogP contribution in [-0.2, 0) is 11.3 Å². The number of fused-ring (bicyclic) bond motifs is 1. The topological polar surface area (TPSA) is 76.6 Å². The summed E-state index contributed by atoms with van der Waals surface area (Å²) in [5.41, 5.74) is 7.00. The second-order valence-corrected chi connectivity index (χ2v) is 10.3. The van der Waals surface area contributed by atoms with Crippen LogP contribution in [0.2, 0.25) is 0 Å². The van der Waals surface area contributed by atoms with E-state index in [0.717, 1.165) is 48.9 Å². The molecule has 2 aromatic carbocycles. The first-order valence-electron chi connectivity index (χ1n) is 12.8. The molecule has 0 bridgehead atoms. The van der Waals surface area contributed by atoms with Crippen LogP contribution in [0.15, 0.2) is 42.5 Å². The number of aromatic nitrogens is 1. The van der Waals surface area contributed by atoms with Gasteiger partial charge in [-0.25, -0.2) is 0 Å². The average Bonchev–Trinajstić information content (AvgIpc) is 3.23. The lowest BCUT2D eigenvalue weighted by Gasteiger charge is -2.34. The molecule has 5 rings (SSSR count). The van der Waals surface area contributed by atoms with Crippen molar-refractivity contribution in [1.29, 1.82) is 0 Å². The number of likely N-dealkylation sites (tertiary alicyclic amines) is 2. The summed E-state index contributed by atoms with van der Waals surface area (Å²) >= 11 is 0. The van der Waals surface area contributed by atoms with Gasteiger partial charge in [0.2, 0.25) is 0 Å². The molecule has 2 N–H and O–H groups in total. The minimum atomic E-state index is -0.757. The number of carboxylic acid groups (broad SMARTS) is 1. The molecule has 0 unspecified atom stereocenters. The standard InChI is InChI=1S/C29H35N3O3/c1-19-6-5-7-20(2)26(19)21-10-14-31(15-11-21)18-24-23-8-3-4-9-25(23)30-27(24)28(33)32-16-12-22(13-17-32)29(34)35/h3-9,21-22,30H,10-18H2,1-2H3,(H,34,35). The minimum Gasteiger partial charge on any atom is -0.481 e. The molecular weight excluding hydrogens is 438 g/mol. The third-order valence-electron chi connectivity index (χ3n) is 8.08. The molecule has 6 nitrogen and oxygen atoms in total. The third-order valence-corrected chi connectivity index (χ3v) is 8.08. The zero-order valence-electron chi connectivity index (χ0n) is 20.7. The lowest BCUT2D eigenvalue weighted by atomic mass is 9.84. The number of amides is 1. The highest BCUT2D eigenvalue weighted by atomic mass is 16.4. The van der Waals surface area contributed by atoms with Crippen LogP contribution in [0, 0.1) is 19.8 Å². The smallest absolute Gasteiger partial charge is 0.306 e. The summed E-state index contributed by atoms with van der Waals surface area (Å²) in [4.78, 5) is 32.6. The first-order chi connectivity index (χ1) is 16.9. The van der Waals surface area contributed by atoms with Crippen LogP contribution < -0.4 is 0 Å². The van der Waals surface area contributed by atoms with Gasteiger partial charge in [-0.2, -0.15) is 0 Å². The summed E-state index contributed by atoms with van der Waals surface area (Å²) < 4.78 is 0. The Balaban J connectivity index is 1.33. The van der Waals surface area contributed by atoms with E-state index in [4.69, 9.17) is 0 Å². The maximum absolute atomic E-state index is 13.5. The minimum absolute atomic E-state index is 0.00883. The summed E-state index contributed by atoms with van der Waals surface area (Å²) in [5.74, 6) is -0.523. The number of benzene rings is 2. The summed E-state index contributed by atoms with van der Waals surface area (Å²) in [5, 5.41) is 10.4. The van der Waals surface area contributed by atoms with E-state index >= 15 is 0 Å². The number of aryl methyl sites for hydroxylation is 2. The zero-order valence-corrected chi connectivity index (χ0v) is 20.7. The lowest BCUT2D eigenvalue weighted by Crippen LogP contribution is -2.41. The Hall–Kier alpha value is -3.12. The van der Waals surface area contributed by atoms with E-state index in [1.54, 1.807) is 0 Å². The fourth-order valence-electron chi connectivity index (χ4n) is 6.11. The zero-order chi connectivity index (χ0) is 24.5. The molecule has 2 fully saturated rings. The fraction of sp³-hybridized carbons (Fsp3) is 0.448. The second-order valence-electron chi connectivity index (χ2n) is 10.3. The van der Waals surface area contributed by atoms with Gasteiger partial charge in [-0.15, -0.1) is 0 Å². The predicted octanol–water partition coefficient (Wildman–Crippen LogP) is 5.10. The Morgan fingerprint density at radius 1 is 0.914 bits per heavy atom. The number of piperidine rings is 2. The van der Waals surface area contributed by atoms with Crippen molar-refractivity contribution in [3.8, 4) is 0 Å². The van der Waals surface area contributed by atoms with E-state index in [1.165, 1.54) is 16.7 Å². The van der Waals surface area contributed by atoms with Gasteiger partial charge >= 0.3 is 5.97 Å². The monoisotopic (exact) mass is 473 g/mol. The molecule has 2 aliphatic rings. The number of hydrogen-bond donors (Lipinski definition) is 2. The van der Waals surface area contributed by atoms with Crippen LogP contribution in [0.5, 0.6) is 0 Å². The van der Waals surface area contributed by atoms with Gasteiger partial charge < -0.3 is 15.0 Å². The molecule has 2 aliphatic heterocycles. The van der Waals surface area contributed by atoms with Gasteiger partial charge in [0.1, 0.15) is 5.69 Å². The van der Waals surface area contributed by atoms with Crippen molar-refractivity contribution in [2.75, 3.05) is 26.2 Å². The highest BCUT2D eigenvalue weighted by Gasteiger charge is 2.31. The number of aliphatic carboxylic acids is 1. The van der Waals surface area contributed by atoms with Gasteiger partial charge in [0.25, 0.3) is 5.91 Å². The largest absolute Gasteiger partial charge is 0.481 e. The van der Waals surface area contributed by atoms with Gasteiger partial charge in [0, 0.05) is 36.1 Å². The van der Waals surface area contributed by atoms with Crippen molar-refractivity contribution < 1.29 is 14.7 Å². The molecule has 184 valence electrons. The van der Waals surface area contributed by atoms with Gasteiger partial charge in [0.05, 0.1) is 5.92 Å². The average molecular weight is 474 g/mol. The number of H-pyrrole nitrogens is 1. The molecule has 1 amide bonds. The van der Waals surface area contributed by atoms with Crippen LogP contribution >= 0.6 is 0 Å². The Labute approximate surface area is 206 Å². The van der Waals surface area contributed by atoms with Crippen molar-refractivity contribution in [1.82, 2.24) is 14.8 Å². The highest BCUT2D eigenvalue weighted by molar-refractivity contribution is 6.01. The molecule has 1 aromatic heterocycles. The summed E-state index contributed by atoms with van der Waals surface area (Å²) in [7, 11) is 0. The molecule has 35 heavy (non-hydrogen) atoms. The quantitative estimate of drug-likeness (QED) is 0.540. The molecule has 0 spiro atoms. The number of carbonyl (C=O) groups excluding carboxylic acids is 1. The van der Waals surface area contributed by atoms with E-state index in [2.05, 4.69) is 48.0 Å². The number of nitrogens with one attached hydrogen (secondary N) is 1. The number of carboxylic acids is 1. The van der Waals surface area contributed by atoms with Crippen LogP contribution in [0.3, 0.4) is 0 Å². The molecule has 3 aromatic rings. The number of hydrogen-bond acceptors (Lipinski definition) is 3. The molecule has 2 saturated heterocycles. The van der Waals surface area contributed by atoms with E-state index in [0.29, 0.717) is 37.5 Å². The molecular formula is C29H35N3O3. The van der Waals surface area contributed by atoms with Crippen molar-refractivity contribution in [2.45, 2.75) is 52.0 Å². The molecule has 0 radical (unpaired) electrons. The maximum Gasteiger partial charge on any atom is 0.306 e. The van der Waals surface area contributed by atoms with Gasteiger partial charge in [0.15, 0.2) is 0 Å². The van der Waals surface area contributed by atoms with Gasteiger partial charge in [-0.1, -0.05) is 36.4 Å². The Kier molecular flexibility index (Phi) is 6.65. The fourth-order valence-corrected chi connectivity index (χ4v) is 6.11. The maximum atomic E-state index is 13.5. The van der Waals surface area contributed by atoms with Gasteiger partial charge in [-0.05, 0) is 81.3 Å². The molecule has 0 saturated carbocycles. The summed E-state index contributed by atoms with van der Waals surface area (Å²) in [6.45, 7) is 8.19. The molecule has 3 heterocycles. The lowest BCUT2D eigenvalue weighted by molar-refractivity contribution is -0.143. The summed E-state index contributed by atoms with van der Waals surface area (Å²) in [6, 6.07) is 14.7. The highest BCUT2D eigenvalue weighted by Crippen LogP contribution is 2.34. The second kappa shape index (κ2) is 9.86. The molecule has 0 aliphatic carbocycles. The predicted molar refractivity (Wildman–Crippen MR) is 138 cm³/mol. The van der Waals surface area contributed by atoms with Crippen molar-refractivity contribution in [3.63, 3.8) is 0 Å². The van der Waals surface area contributed by atoms with E-state index in [9.17, 15) is 14.7 Å². The third kappa shape index (κ3) is 4.72. The number of para-hydroxylation sites is 1. The molecule has 0 atom stereocenters. The number of rotatable bonds is 5. The Morgan fingerprint density at radius 3 is 2.23 bits per heavy atom. The van der Waals surface area contributed by atoms with E-state index in [-0.39, 0.29) is 11.8 Å². The van der Waals surface area contributed by atoms with Crippen molar-refractivity contribution in [2.24, 2.45) is 5.92 Å². The van der Waals surface area contributed by atoms with Crippen LogP contribution in [0.4, 0.5) is 0 Å². The van der Waals surface area contributed by atoms with Crippen molar-refractivity contribution in [3.05, 3.63) is 70.4 Å². The molecule has 6 heteroatoms.